The molecule has 1 aromatic heterocycles. The summed E-state index contributed by atoms with van der Waals surface area (Å²) in [6, 6.07) is 32.9. The first kappa shape index (κ1) is 17.7. The second-order valence-electron chi connectivity index (χ2n) is 11.4. The van der Waals surface area contributed by atoms with Gasteiger partial charge < -0.3 is 4.57 Å². The van der Waals surface area contributed by atoms with Crippen LogP contribution in [0.3, 0.4) is 0 Å². The minimum absolute atomic E-state index is 0.176. The van der Waals surface area contributed by atoms with Crippen molar-refractivity contribution in [1.82, 2.24) is 4.57 Å². The molecule has 0 bridgehead atoms. The van der Waals surface area contributed by atoms with Gasteiger partial charge in [-0.2, -0.15) is 0 Å². The Hall–Kier alpha value is -4.88. The highest BCUT2D eigenvalue weighted by Crippen LogP contribution is 2.54. The molecule has 9 rings (SSSR count). The Morgan fingerprint density at radius 2 is 1.35 bits per heavy atom. The van der Waals surface area contributed by atoms with E-state index in [0.717, 1.165) is 44.4 Å². The van der Waals surface area contributed by atoms with Crippen molar-refractivity contribution in [3.05, 3.63) is 138 Å². The molecule has 0 N–H and O–H groups in total. The van der Waals surface area contributed by atoms with E-state index in [0.29, 0.717) is 0 Å². The maximum atomic E-state index is 8.91. The van der Waals surface area contributed by atoms with Gasteiger partial charge in [0, 0.05) is 22.1 Å². The first-order valence-electron chi connectivity index (χ1n) is 16.2. The zero-order valence-corrected chi connectivity index (χ0v) is 22.2. The van der Waals surface area contributed by atoms with E-state index in [1.54, 1.807) is 0 Å². The third-order valence-corrected chi connectivity index (χ3v) is 9.00. The van der Waals surface area contributed by atoms with Gasteiger partial charge in [0.15, 0.2) is 0 Å². The summed E-state index contributed by atoms with van der Waals surface area (Å²) >= 11 is 0. The standard InChI is InChI=1S/C39H27N/c1-39(2)33-14-7-6-13-31(33)38-37(39)32-23-27(19-22-34(32)40(38)28-11-4-3-5-12-28)29-20-17-26-16-15-24-9-8-10-25-18-21-30(29)36(26)35(24)25/h3-23H,1-2H3/i3D,4D,5D,11D,12D. The highest BCUT2D eigenvalue weighted by atomic mass is 15.0. The Labute approximate surface area is 240 Å². The Balaban J connectivity index is 1.40. The van der Waals surface area contributed by atoms with Crippen LogP contribution in [0.15, 0.2) is 127 Å². The van der Waals surface area contributed by atoms with Gasteiger partial charge in [-0.1, -0.05) is 117 Å². The maximum Gasteiger partial charge on any atom is 0.0645 e. The molecule has 1 aliphatic rings. The molecule has 0 atom stereocenters. The van der Waals surface area contributed by atoms with Gasteiger partial charge in [-0.3, -0.25) is 0 Å². The van der Waals surface area contributed by atoms with Crippen molar-refractivity contribution in [2.45, 2.75) is 19.3 Å². The van der Waals surface area contributed by atoms with Crippen molar-refractivity contribution in [2.24, 2.45) is 0 Å². The lowest BCUT2D eigenvalue weighted by atomic mass is 9.81. The normalized spacial score (nSPS) is 15.7. The molecule has 1 heteroatoms. The molecule has 188 valence electrons. The zero-order chi connectivity index (χ0) is 30.9. The quantitative estimate of drug-likeness (QED) is 0.202. The van der Waals surface area contributed by atoms with Crippen LogP contribution in [-0.4, -0.2) is 4.57 Å². The predicted octanol–water partition coefficient (Wildman–Crippen LogP) is 10.5. The molecule has 0 saturated heterocycles. The van der Waals surface area contributed by atoms with Gasteiger partial charge in [0.1, 0.15) is 0 Å². The second kappa shape index (κ2) is 7.61. The van der Waals surface area contributed by atoms with Crippen molar-refractivity contribution < 1.29 is 6.85 Å². The fraction of sp³-hybridized carbons (Fsp3) is 0.0769. The summed E-state index contributed by atoms with van der Waals surface area (Å²) in [5, 5.41) is 8.42. The van der Waals surface area contributed by atoms with Gasteiger partial charge in [0.2, 0.25) is 0 Å². The lowest BCUT2D eigenvalue weighted by Crippen LogP contribution is -2.14. The summed E-state index contributed by atoms with van der Waals surface area (Å²) in [5.41, 5.74) is 7.01. The number of hydrogen-bond donors (Lipinski definition) is 0. The van der Waals surface area contributed by atoms with Crippen LogP contribution < -0.4 is 0 Å². The minimum Gasteiger partial charge on any atom is -0.309 e. The van der Waals surface area contributed by atoms with Crippen LogP contribution in [0.5, 0.6) is 0 Å². The summed E-state index contributed by atoms with van der Waals surface area (Å²) < 4.78 is 44.9. The van der Waals surface area contributed by atoms with Gasteiger partial charge in [-0.15, -0.1) is 0 Å². The molecule has 40 heavy (non-hydrogen) atoms. The molecule has 1 aliphatic carbocycles. The largest absolute Gasteiger partial charge is 0.309 e. The fourth-order valence-electron chi connectivity index (χ4n) is 7.29. The van der Waals surface area contributed by atoms with Crippen LogP contribution in [-0.2, 0) is 5.41 Å². The van der Waals surface area contributed by atoms with Crippen molar-refractivity contribution in [3.63, 3.8) is 0 Å². The molecular formula is C39H27N. The molecule has 0 amide bonds. The summed E-state index contributed by atoms with van der Waals surface area (Å²) in [5.74, 6) is 0. The van der Waals surface area contributed by atoms with Crippen LogP contribution in [0, 0.1) is 0 Å². The summed E-state index contributed by atoms with van der Waals surface area (Å²) in [6.07, 6.45) is 0. The predicted molar refractivity (Wildman–Crippen MR) is 170 cm³/mol. The van der Waals surface area contributed by atoms with Gasteiger partial charge in [0.05, 0.1) is 18.1 Å². The maximum absolute atomic E-state index is 8.91. The Morgan fingerprint density at radius 3 is 2.17 bits per heavy atom. The van der Waals surface area contributed by atoms with Gasteiger partial charge in [-0.25, -0.2) is 0 Å². The number of fused-ring (bicyclic) bond motifs is 5. The van der Waals surface area contributed by atoms with Crippen LogP contribution in [0.4, 0.5) is 0 Å². The third-order valence-electron chi connectivity index (χ3n) is 9.00. The smallest absolute Gasteiger partial charge is 0.0645 e. The molecule has 0 aliphatic heterocycles. The number of rotatable bonds is 2. The number of hydrogen-bond acceptors (Lipinski definition) is 0. The minimum atomic E-state index is -0.390. The average Bonchev–Trinajstić information content (AvgIpc) is 3.51. The van der Waals surface area contributed by atoms with Crippen molar-refractivity contribution >= 4 is 43.2 Å². The van der Waals surface area contributed by atoms with E-state index < -0.39 is 0 Å². The van der Waals surface area contributed by atoms with Gasteiger partial charge in [0.25, 0.3) is 0 Å². The van der Waals surface area contributed by atoms with E-state index in [-0.39, 0.29) is 41.3 Å². The SMILES string of the molecule is [2H]c1c([2H])c([2H])c(-n2c3c(c4cc(-c5ccc6ccc7cccc8ccc5c6c78)ccc42)C(C)(C)c2ccccc2-3)c([2H])c1[2H]. The van der Waals surface area contributed by atoms with E-state index in [2.05, 4.69) is 98.8 Å². The number of nitrogens with zero attached hydrogens (tertiary/aromatic N) is 1. The van der Waals surface area contributed by atoms with Crippen molar-refractivity contribution in [1.29, 1.82) is 0 Å². The lowest BCUT2D eigenvalue weighted by molar-refractivity contribution is 0.666. The van der Waals surface area contributed by atoms with Crippen LogP contribution in [0.1, 0.15) is 31.8 Å². The van der Waals surface area contributed by atoms with E-state index in [4.69, 9.17) is 6.85 Å². The van der Waals surface area contributed by atoms with E-state index in [1.807, 2.05) is 16.7 Å². The number of aromatic nitrogens is 1. The summed E-state index contributed by atoms with van der Waals surface area (Å²) in [6.45, 7) is 4.43. The zero-order valence-electron chi connectivity index (χ0n) is 27.2. The highest BCUT2D eigenvalue weighted by Gasteiger charge is 2.40. The fourth-order valence-corrected chi connectivity index (χ4v) is 7.29. The van der Waals surface area contributed by atoms with Crippen molar-refractivity contribution in [3.8, 4) is 28.1 Å². The Morgan fingerprint density at radius 1 is 0.625 bits per heavy atom. The molecular weight excluding hydrogens is 482 g/mol. The molecule has 0 spiro atoms. The lowest BCUT2D eigenvalue weighted by Gasteiger charge is -2.21. The van der Waals surface area contributed by atoms with Gasteiger partial charge >= 0.3 is 0 Å². The van der Waals surface area contributed by atoms with Crippen LogP contribution in [0.2, 0.25) is 0 Å². The van der Waals surface area contributed by atoms with Gasteiger partial charge in [-0.05, 0) is 78.8 Å². The first-order valence-corrected chi connectivity index (χ1v) is 13.7. The molecule has 7 aromatic carbocycles. The third kappa shape index (κ3) is 2.72. The Bertz CT molecular complexity index is 2530. The van der Waals surface area contributed by atoms with E-state index >= 15 is 0 Å². The molecule has 0 unspecified atom stereocenters. The summed E-state index contributed by atoms with van der Waals surface area (Å²) in [7, 11) is 0. The van der Waals surface area contributed by atoms with Crippen LogP contribution >= 0.6 is 0 Å². The molecule has 0 fully saturated rings. The second-order valence-corrected chi connectivity index (χ2v) is 11.4. The van der Waals surface area contributed by atoms with Crippen molar-refractivity contribution in [2.75, 3.05) is 0 Å². The monoisotopic (exact) mass is 514 g/mol. The highest BCUT2D eigenvalue weighted by molar-refractivity contribution is 6.25. The molecule has 8 aromatic rings. The Kier molecular flexibility index (Phi) is 3.36. The molecule has 0 saturated carbocycles. The topological polar surface area (TPSA) is 4.93 Å². The molecule has 1 heterocycles. The number of para-hydroxylation sites is 1. The average molecular weight is 515 g/mol. The summed E-state index contributed by atoms with van der Waals surface area (Å²) in [4.78, 5) is 0. The van der Waals surface area contributed by atoms with E-state index in [9.17, 15) is 0 Å². The number of benzene rings is 7. The van der Waals surface area contributed by atoms with E-state index in [1.165, 1.54) is 32.3 Å². The van der Waals surface area contributed by atoms with Crippen LogP contribution in [0.25, 0.3) is 71.3 Å². The molecule has 0 radical (unpaired) electrons. The first-order chi connectivity index (χ1) is 21.7. The molecule has 1 nitrogen and oxygen atoms in total.